The second-order valence-corrected chi connectivity index (χ2v) is 7.24. The second kappa shape index (κ2) is 14.7. The average molecular weight is 445 g/mol. The highest BCUT2D eigenvalue weighted by molar-refractivity contribution is 5.69. The third-order valence-electron chi connectivity index (χ3n) is 4.79. The number of methoxy groups -OCH3 is 1. The molecule has 0 amide bonds. The first-order valence-corrected chi connectivity index (χ1v) is 10.6. The van der Waals surface area contributed by atoms with Crippen molar-refractivity contribution >= 4 is 5.97 Å². The number of benzene rings is 1. The molecule has 0 heterocycles. The molecule has 1 aliphatic rings. The Hall–Kier alpha value is -2.31. The van der Waals surface area contributed by atoms with Gasteiger partial charge in [-0.2, -0.15) is 13.2 Å². The quantitative estimate of drug-likeness (QED) is 0.177. The molecule has 0 aliphatic heterocycles. The maximum absolute atomic E-state index is 13.3. The maximum Gasteiger partial charge on any atom is 0.416 e. The summed E-state index contributed by atoms with van der Waals surface area (Å²) in [6.07, 6.45) is 7.94. The van der Waals surface area contributed by atoms with Crippen LogP contribution in [0.1, 0.15) is 57.4 Å². The molecule has 2 atom stereocenters. The molecule has 1 saturated carbocycles. The molecule has 174 valence electrons. The predicted molar refractivity (Wildman–Crippen MR) is 114 cm³/mol. The summed E-state index contributed by atoms with van der Waals surface area (Å²) in [5.41, 5.74) is -0.721. The van der Waals surface area contributed by atoms with Gasteiger partial charge in [0.05, 0.1) is 19.3 Å². The molecule has 31 heavy (non-hydrogen) atoms. The molecule has 0 bridgehead atoms. The Bertz CT molecular complexity index is 698. The van der Waals surface area contributed by atoms with E-state index in [1.807, 2.05) is 31.2 Å². The van der Waals surface area contributed by atoms with Gasteiger partial charge in [-0.25, -0.2) is 4.39 Å². The van der Waals surface area contributed by atoms with E-state index in [2.05, 4.69) is 4.74 Å². The summed E-state index contributed by atoms with van der Waals surface area (Å²) in [6.45, 7) is 2.25. The number of hydrogen-bond donors (Lipinski definition) is 0. The van der Waals surface area contributed by atoms with Crippen LogP contribution in [-0.4, -0.2) is 25.9 Å². The first-order valence-electron chi connectivity index (χ1n) is 10.6. The lowest BCUT2D eigenvalue weighted by atomic mass is 10.1. The zero-order valence-electron chi connectivity index (χ0n) is 18.2. The van der Waals surface area contributed by atoms with Crippen LogP contribution < -0.4 is 4.74 Å². The van der Waals surface area contributed by atoms with Crippen molar-refractivity contribution in [3.05, 3.63) is 54.1 Å². The van der Waals surface area contributed by atoms with Crippen LogP contribution >= 0.6 is 0 Å². The first-order chi connectivity index (χ1) is 14.8. The van der Waals surface area contributed by atoms with Crippen molar-refractivity contribution in [2.45, 2.75) is 64.2 Å². The second-order valence-electron chi connectivity index (χ2n) is 7.24. The number of alkyl halides is 4. The Morgan fingerprint density at radius 2 is 1.97 bits per heavy atom. The van der Waals surface area contributed by atoms with E-state index in [-0.39, 0.29) is 24.2 Å². The molecule has 3 nitrogen and oxygen atoms in total. The van der Waals surface area contributed by atoms with Gasteiger partial charge in [-0.1, -0.05) is 30.4 Å². The number of esters is 1. The first kappa shape index (κ1) is 26.7. The van der Waals surface area contributed by atoms with Crippen LogP contribution in [0.25, 0.3) is 0 Å². The fourth-order valence-corrected chi connectivity index (χ4v) is 3.07. The summed E-state index contributed by atoms with van der Waals surface area (Å²) in [5, 5.41) is 0. The van der Waals surface area contributed by atoms with Gasteiger partial charge in [0.15, 0.2) is 0 Å². The lowest BCUT2D eigenvalue weighted by molar-refractivity contribution is -0.140. The fraction of sp³-hybridized carbons (Fsp3) is 0.542. The molecule has 1 fully saturated rings. The van der Waals surface area contributed by atoms with Gasteiger partial charge in [-0.3, -0.25) is 4.79 Å². The van der Waals surface area contributed by atoms with Crippen LogP contribution in [0.4, 0.5) is 17.6 Å². The van der Waals surface area contributed by atoms with Gasteiger partial charge < -0.3 is 9.47 Å². The Balaban J connectivity index is 0.000000407. The third kappa shape index (κ3) is 11.6. The number of rotatable bonds is 9. The van der Waals surface area contributed by atoms with E-state index in [1.54, 1.807) is 0 Å². The molecule has 1 aliphatic carbocycles. The van der Waals surface area contributed by atoms with Gasteiger partial charge in [-0.15, -0.1) is 0 Å². The van der Waals surface area contributed by atoms with Gasteiger partial charge >= 0.3 is 12.1 Å². The molecule has 1 aromatic carbocycles. The minimum atomic E-state index is -4.36. The third-order valence-corrected chi connectivity index (χ3v) is 4.79. The van der Waals surface area contributed by atoms with Gasteiger partial charge in [0.1, 0.15) is 11.9 Å². The molecule has 0 N–H and O–H groups in total. The zero-order valence-corrected chi connectivity index (χ0v) is 18.2. The normalized spacial score (nSPS) is 18.8. The van der Waals surface area contributed by atoms with E-state index in [0.29, 0.717) is 19.3 Å². The molecular weight excluding hydrogens is 412 g/mol. The van der Waals surface area contributed by atoms with Gasteiger partial charge in [-0.05, 0) is 63.6 Å². The molecule has 0 radical (unpaired) electrons. The van der Waals surface area contributed by atoms with E-state index in [4.69, 9.17) is 4.74 Å². The van der Waals surface area contributed by atoms with E-state index >= 15 is 0 Å². The van der Waals surface area contributed by atoms with Crippen molar-refractivity contribution in [3.63, 3.8) is 0 Å². The predicted octanol–water partition coefficient (Wildman–Crippen LogP) is 7.07. The summed E-state index contributed by atoms with van der Waals surface area (Å²) in [4.78, 5) is 10.5. The van der Waals surface area contributed by atoms with Crippen molar-refractivity contribution in [3.8, 4) is 5.75 Å². The van der Waals surface area contributed by atoms with Crippen molar-refractivity contribution in [2.75, 3.05) is 13.7 Å². The number of allylic oxidation sites excluding steroid dienone is 3. The van der Waals surface area contributed by atoms with Crippen molar-refractivity contribution in [1.82, 2.24) is 0 Å². The van der Waals surface area contributed by atoms with Crippen LogP contribution in [0.2, 0.25) is 0 Å². The lowest BCUT2D eigenvalue weighted by Crippen LogP contribution is -2.06. The molecule has 1 aromatic rings. The van der Waals surface area contributed by atoms with Crippen LogP contribution in [0, 0.1) is 5.92 Å². The maximum atomic E-state index is 13.3. The molecular formula is C24H32F4O3. The molecule has 0 spiro atoms. The van der Waals surface area contributed by atoms with E-state index in [1.165, 1.54) is 19.2 Å². The van der Waals surface area contributed by atoms with Crippen LogP contribution in [-0.2, 0) is 15.7 Å². The number of ether oxygens (including phenoxy) is 2. The van der Waals surface area contributed by atoms with Gasteiger partial charge in [0.2, 0.25) is 0 Å². The van der Waals surface area contributed by atoms with Gasteiger partial charge in [0.25, 0.3) is 0 Å². The summed E-state index contributed by atoms with van der Waals surface area (Å²) in [6, 6.07) is 4.81. The molecule has 2 unspecified atom stereocenters. The molecule has 0 aromatic heterocycles. The zero-order chi connectivity index (χ0) is 23.1. The number of unbranched alkanes of at least 4 members (excludes halogenated alkanes) is 1. The van der Waals surface area contributed by atoms with Crippen molar-refractivity contribution in [2.24, 2.45) is 5.92 Å². The van der Waals surface area contributed by atoms with Crippen LogP contribution in [0.15, 0.2) is 48.6 Å². The Labute approximate surface area is 182 Å². The minimum Gasteiger partial charge on any atom is -0.493 e. The number of carbonyl (C=O) groups excluding carboxylic acids is 1. The highest BCUT2D eigenvalue weighted by atomic mass is 19.4. The molecule has 0 saturated heterocycles. The van der Waals surface area contributed by atoms with E-state index < -0.39 is 17.9 Å². The Morgan fingerprint density at radius 1 is 1.19 bits per heavy atom. The molecule has 7 heteroatoms. The summed E-state index contributed by atoms with van der Waals surface area (Å²) < 4.78 is 60.6. The van der Waals surface area contributed by atoms with Gasteiger partial charge in [0, 0.05) is 12.3 Å². The Morgan fingerprint density at radius 3 is 2.58 bits per heavy atom. The smallest absolute Gasteiger partial charge is 0.416 e. The topological polar surface area (TPSA) is 35.5 Å². The summed E-state index contributed by atoms with van der Waals surface area (Å²) in [7, 11) is 1.41. The fourth-order valence-electron chi connectivity index (χ4n) is 3.07. The van der Waals surface area contributed by atoms with Crippen molar-refractivity contribution in [1.29, 1.82) is 0 Å². The Kier molecular flexibility index (Phi) is 12.6. The largest absolute Gasteiger partial charge is 0.493 e. The number of carbonyl (C=O) groups is 1. The van der Waals surface area contributed by atoms with E-state index in [9.17, 15) is 22.4 Å². The standard InChI is InChI=1S/C16H18F4O.C8H14O2/c17-15-9-3-6-12(15)5-1-2-10-21-14-8-4-7-13(11-14)16(18,19)20;1-3-4-5-6-7-8(9)10-2/h1,4-5,7-8,11-12,15H,2-3,6,9-10H2;3-4H,5-7H2,1-2H3/b5-1+;4-3-. The van der Waals surface area contributed by atoms with Crippen molar-refractivity contribution < 1.29 is 31.8 Å². The highest BCUT2D eigenvalue weighted by Crippen LogP contribution is 2.31. The van der Waals surface area contributed by atoms with E-state index in [0.717, 1.165) is 37.8 Å². The molecule has 2 rings (SSSR count). The number of halogens is 4. The summed E-state index contributed by atoms with van der Waals surface area (Å²) in [5.74, 6) is 0.0607. The van der Waals surface area contributed by atoms with Crippen LogP contribution in [0.3, 0.4) is 0 Å². The monoisotopic (exact) mass is 444 g/mol. The highest BCUT2D eigenvalue weighted by Gasteiger charge is 2.30. The average Bonchev–Trinajstić information content (AvgIpc) is 3.15. The summed E-state index contributed by atoms with van der Waals surface area (Å²) >= 11 is 0. The lowest BCUT2D eigenvalue weighted by Gasteiger charge is -2.10. The minimum absolute atomic E-state index is 0.0152. The number of hydrogen-bond acceptors (Lipinski definition) is 3. The van der Waals surface area contributed by atoms with Crippen LogP contribution in [0.5, 0.6) is 5.75 Å². The SMILES string of the molecule is C/C=C\CCCC(=O)OC.FC1CCCC1/C=C/CCOc1cccc(C(F)(F)F)c1.